The van der Waals surface area contributed by atoms with Gasteiger partial charge < -0.3 is 10.1 Å². The van der Waals surface area contributed by atoms with E-state index >= 15 is 0 Å². The maximum Gasteiger partial charge on any atom is 0.331 e. The van der Waals surface area contributed by atoms with Crippen molar-refractivity contribution in [1.82, 2.24) is 10.0 Å². The van der Waals surface area contributed by atoms with Crippen LogP contribution in [0.5, 0.6) is 0 Å². The number of esters is 1. The molecule has 1 aliphatic heterocycles. The van der Waals surface area contributed by atoms with Crippen LogP contribution in [0.1, 0.15) is 23.7 Å². The number of cyclic esters (lactones) is 1. The second-order valence-electron chi connectivity index (χ2n) is 5.34. The number of sulfonamides is 1. The molecule has 124 valence electrons. The summed E-state index contributed by atoms with van der Waals surface area (Å²) in [4.78, 5) is 23.9. The molecule has 23 heavy (non-hydrogen) atoms. The summed E-state index contributed by atoms with van der Waals surface area (Å²) >= 11 is 0. The van der Waals surface area contributed by atoms with E-state index in [1.807, 2.05) is 0 Å². The van der Waals surface area contributed by atoms with Gasteiger partial charge in [0.1, 0.15) is 5.54 Å². The van der Waals surface area contributed by atoms with Crippen molar-refractivity contribution in [3.05, 3.63) is 42.5 Å². The summed E-state index contributed by atoms with van der Waals surface area (Å²) in [5.74, 6) is -1.03. The molecule has 0 spiro atoms. The van der Waals surface area contributed by atoms with Crippen LogP contribution in [0.3, 0.4) is 0 Å². The van der Waals surface area contributed by atoms with Crippen LogP contribution < -0.4 is 10.0 Å². The molecule has 1 aliphatic rings. The van der Waals surface area contributed by atoms with Crippen LogP contribution in [0.15, 0.2) is 41.8 Å². The van der Waals surface area contributed by atoms with Gasteiger partial charge in [-0.2, -0.15) is 0 Å². The highest BCUT2D eigenvalue weighted by Gasteiger charge is 2.41. The van der Waals surface area contributed by atoms with Gasteiger partial charge >= 0.3 is 5.97 Å². The lowest BCUT2D eigenvalue weighted by Crippen LogP contribution is -2.49. The summed E-state index contributed by atoms with van der Waals surface area (Å²) in [6, 6.07) is 5.58. The first-order chi connectivity index (χ1) is 10.8. The summed E-state index contributed by atoms with van der Waals surface area (Å²) in [5.41, 5.74) is -0.944. The zero-order chi connectivity index (χ0) is 17.1. The van der Waals surface area contributed by atoms with E-state index in [4.69, 9.17) is 4.74 Å². The lowest BCUT2D eigenvalue weighted by molar-refractivity contribution is -0.142. The molecule has 1 heterocycles. The molecule has 0 aliphatic carbocycles. The molecule has 1 unspecified atom stereocenters. The molecule has 1 fully saturated rings. The number of amides is 1. The largest absolute Gasteiger partial charge is 0.464 e. The van der Waals surface area contributed by atoms with Crippen LogP contribution in [0, 0.1) is 0 Å². The van der Waals surface area contributed by atoms with Crippen molar-refractivity contribution >= 4 is 21.9 Å². The van der Waals surface area contributed by atoms with Gasteiger partial charge in [-0.05, 0) is 25.1 Å². The van der Waals surface area contributed by atoms with Gasteiger partial charge in [-0.3, -0.25) is 4.79 Å². The normalized spacial score (nSPS) is 20.8. The molecule has 0 radical (unpaired) electrons. The minimum absolute atomic E-state index is 0.0360. The molecule has 1 atom stereocenters. The predicted molar refractivity (Wildman–Crippen MR) is 83.3 cm³/mol. The second-order valence-corrected chi connectivity index (χ2v) is 7.11. The second kappa shape index (κ2) is 6.51. The van der Waals surface area contributed by atoms with Crippen LogP contribution in [0.2, 0.25) is 0 Å². The fraction of sp³-hybridized carbons (Fsp3) is 0.333. The monoisotopic (exact) mass is 338 g/mol. The van der Waals surface area contributed by atoms with Crippen molar-refractivity contribution in [2.75, 3.05) is 13.2 Å². The van der Waals surface area contributed by atoms with Crippen LogP contribution in [0.4, 0.5) is 0 Å². The Hall–Kier alpha value is -2.19. The Balaban J connectivity index is 2.21. The van der Waals surface area contributed by atoms with Crippen LogP contribution in [-0.2, 0) is 19.6 Å². The molecule has 0 bridgehead atoms. The van der Waals surface area contributed by atoms with Gasteiger partial charge in [-0.1, -0.05) is 12.1 Å². The fourth-order valence-electron chi connectivity index (χ4n) is 2.10. The number of ether oxygens (including phenoxy) is 1. The minimum atomic E-state index is -3.72. The Kier molecular flexibility index (Phi) is 4.86. The summed E-state index contributed by atoms with van der Waals surface area (Å²) in [6.45, 7) is 5.35. The highest BCUT2D eigenvalue weighted by molar-refractivity contribution is 7.89. The Bertz CT molecular complexity index is 744. The number of nitrogens with one attached hydrogen (secondary N) is 2. The van der Waals surface area contributed by atoms with Crippen molar-refractivity contribution in [2.24, 2.45) is 0 Å². The van der Waals surface area contributed by atoms with Gasteiger partial charge in [0, 0.05) is 18.5 Å². The summed E-state index contributed by atoms with van der Waals surface area (Å²) in [7, 11) is -3.72. The van der Waals surface area contributed by atoms with Crippen LogP contribution in [0.25, 0.3) is 0 Å². The predicted octanol–water partition coefficient (Wildman–Crippen LogP) is 0.586. The third-order valence-corrected chi connectivity index (χ3v) is 4.92. The number of carbonyl (C=O) groups excluding carboxylic acids is 2. The van der Waals surface area contributed by atoms with E-state index in [0.29, 0.717) is 6.42 Å². The SMILES string of the molecule is C=CCNS(=O)(=O)c1cccc(C(=O)NC2(C)CCOC2=O)c1. The van der Waals surface area contributed by atoms with E-state index in [1.54, 1.807) is 6.92 Å². The quantitative estimate of drug-likeness (QED) is 0.584. The lowest BCUT2D eigenvalue weighted by Gasteiger charge is -2.20. The summed E-state index contributed by atoms with van der Waals surface area (Å²) in [5, 5.41) is 2.60. The van der Waals surface area contributed by atoms with Gasteiger partial charge in [0.15, 0.2) is 0 Å². The van der Waals surface area contributed by atoms with E-state index in [1.165, 1.54) is 30.3 Å². The number of benzene rings is 1. The third kappa shape index (κ3) is 3.77. The van der Waals surface area contributed by atoms with Gasteiger partial charge in [0.05, 0.1) is 11.5 Å². The van der Waals surface area contributed by atoms with Gasteiger partial charge in [-0.15, -0.1) is 6.58 Å². The van der Waals surface area contributed by atoms with Crippen LogP contribution >= 0.6 is 0 Å². The van der Waals surface area contributed by atoms with E-state index < -0.39 is 27.4 Å². The average Bonchev–Trinajstić information content (AvgIpc) is 2.84. The molecule has 0 saturated carbocycles. The average molecular weight is 338 g/mol. The molecule has 1 amide bonds. The highest BCUT2D eigenvalue weighted by atomic mass is 32.2. The van der Waals surface area contributed by atoms with E-state index in [-0.39, 0.29) is 23.6 Å². The molecule has 1 aromatic rings. The van der Waals surface area contributed by atoms with Gasteiger partial charge in [0.2, 0.25) is 10.0 Å². The zero-order valence-electron chi connectivity index (χ0n) is 12.7. The molecule has 0 aromatic heterocycles. The Morgan fingerprint density at radius 1 is 1.48 bits per heavy atom. The van der Waals surface area contributed by atoms with E-state index in [0.717, 1.165) is 0 Å². The number of hydrogen-bond donors (Lipinski definition) is 2. The Labute approximate surface area is 134 Å². The van der Waals surface area contributed by atoms with Gasteiger partial charge in [0.25, 0.3) is 5.91 Å². The first-order valence-electron chi connectivity index (χ1n) is 6.99. The Morgan fingerprint density at radius 3 is 2.83 bits per heavy atom. The molecule has 1 aromatic carbocycles. The lowest BCUT2D eigenvalue weighted by atomic mass is 10.0. The van der Waals surface area contributed by atoms with Crippen molar-refractivity contribution in [3.63, 3.8) is 0 Å². The van der Waals surface area contributed by atoms with E-state index in [2.05, 4.69) is 16.6 Å². The third-order valence-electron chi connectivity index (χ3n) is 3.50. The maximum atomic E-state index is 12.3. The molecule has 7 nitrogen and oxygen atoms in total. The van der Waals surface area contributed by atoms with Crippen molar-refractivity contribution in [2.45, 2.75) is 23.8 Å². The maximum absolute atomic E-state index is 12.3. The zero-order valence-corrected chi connectivity index (χ0v) is 13.5. The number of carbonyl (C=O) groups is 2. The first-order valence-corrected chi connectivity index (χ1v) is 8.47. The van der Waals surface area contributed by atoms with Crippen molar-refractivity contribution in [1.29, 1.82) is 0 Å². The van der Waals surface area contributed by atoms with E-state index in [9.17, 15) is 18.0 Å². The molecular formula is C15H18N2O5S. The van der Waals surface area contributed by atoms with Gasteiger partial charge in [-0.25, -0.2) is 17.9 Å². The number of rotatable bonds is 6. The smallest absolute Gasteiger partial charge is 0.331 e. The molecule has 2 rings (SSSR count). The summed E-state index contributed by atoms with van der Waals surface area (Å²) < 4.78 is 31.3. The molecule has 1 saturated heterocycles. The minimum Gasteiger partial charge on any atom is -0.464 e. The van der Waals surface area contributed by atoms with Crippen molar-refractivity contribution < 1.29 is 22.7 Å². The standard InChI is InChI=1S/C15H18N2O5S/c1-3-8-16-23(20,21)12-6-4-5-11(10-12)13(18)17-15(2)7-9-22-14(15)19/h3-6,10,16H,1,7-9H2,2H3,(H,17,18). The fourth-order valence-corrected chi connectivity index (χ4v) is 3.15. The summed E-state index contributed by atoms with van der Waals surface area (Å²) in [6.07, 6.45) is 1.79. The Morgan fingerprint density at radius 2 is 2.22 bits per heavy atom. The first kappa shape index (κ1) is 17.2. The van der Waals surface area contributed by atoms with Crippen molar-refractivity contribution in [3.8, 4) is 0 Å². The van der Waals surface area contributed by atoms with Crippen LogP contribution in [-0.4, -0.2) is 39.0 Å². The molecular weight excluding hydrogens is 320 g/mol. The number of hydrogen-bond acceptors (Lipinski definition) is 5. The molecule has 2 N–H and O–H groups in total. The topological polar surface area (TPSA) is 102 Å². The highest BCUT2D eigenvalue weighted by Crippen LogP contribution is 2.20. The molecule has 8 heteroatoms.